The van der Waals surface area contributed by atoms with Crippen LogP contribution in [0, 0.1) is 0 Å². The minimum atomic E-state index is -0.893. The Kier molecular flexibility index (Phi) is 7.47. The molecule has 0 radical (unpaired) electrons. The summed E-state index contributed by atoms with van der Waals surface area (Å²) in [7, 11) is 2.10. The topological polar surface area (TPSA) is 105 Å². The van der Waals surface area contributed by atoms with Gasteiger partial charge in [0.2, 0.25) is 11.8 Å². The second kappa shape index (κ2) is 10.1. The van der Waals surface area contributed by atoms with Gasteiger partial charge in [0, 0.05) is 25.2 Å². The third kappa shape index (κ3) is 6.04. The second-order valence-electron chi connectivity index (χ2n) is 7.41. The van der Waals surface area contributed by atoms with Crippen LogP contribution in [-0.4, -0.2) is 48.8 Å². The van der Waals surface area contributed by atoms with Crippen molar-refractivity contribution in [3.8, 4) is 0 Å². The van der Waals surface area contributed by atoms with Gasteiger partial charge >= 0.3 is 0 Å². The van der Waals surface area contributed by atoms with Gasteiger partial charge in [-0.2, -0.15) is 0 Å². The van der Waals surface area contributed by atoms with Crippen LogP contribution in [0.3, 0.4) is 0 Å². The normalized spacial score (nSPS) is 15.0. The molecule has 0 bridgehead atoms. The van der Waals surface area contributed by atoms with Gasteiger partial charge in [-0.15, -0.1) is 11.3 Å². The maximum Gasteiger partial charge on any atom is 0.262 e. The maximum atomic E-state index is 12.9. The Morgan fingerprint density at radius 2 is 1.90 bits per heavy atom. The predicted molar refractivity (Wildman–Crippen MR) is 119 cm³/mol. The molecule has 9 heteroatoms. The lowest BCUT2D eigenvalue weighted by Gasteiger charge is -2.18. The van der Waals surface area contributed by atoms with Crippen molar-refractivity contribution in [2.45, 2.75) is 31.7 Å². The number of carbonyl (C=O) groups excluding carboxylic acids is 3. The highest BCUT2D eigenvalue weighted by Gasteiger charge is 2.23. The summed E-state index contributed by atoms with van der Waals surface area (Å²) in [6.07, 6.45) is 1.99. The number of nitrogens with one attached hydrogen (secondary N) is 2. The van der Waals surface area contributed by atoms with Gasteiger partial charge in [-0.25, -0.2) is 0 Å². The number of anilines is 1. The second-order valence-corrected chi connectivity index (χ2v) is 9.13. The standard InChI is InChI=1S/C21H25ClN4O3S/c1-26-10-8-13-2-3-15(12-14(13)9-11-26)24-20(28)16(4-7-19(23)27)25-21(29)17-5-6-18(22)30-17/h2-3,5-6,12,16H,4,7-11H2,1H3,(H2,23,27)(H,24,28)(H,25,29)/t16-/m1/s1. The number of thiophene rings is 1. The highest BCUT2D eigenvalue weighted by molar-refractivity contribution is 7.18. The smallest absolute Gasteiger partial charge is 0.262 e. The molecule has 0 aliphatic carbocycles. The molecular formula is C21H25ClN4O3S. The van der Waals surface area contributed by atoms with Crippen LogP contribution in [0.4, 0.5) is 5.69 Å². The fourth-order valence-electron chi connectivity index (χ4n) is 3.37. The number of fused-ring (bicyclic) bond motifs is 1. The molecule has 1 atom stereocenters. The third-order valence-electron chi connectivity index (χ3n) is 5.10. The Morgan fingerprint density at radius 1 is 1.17 bits per heavy atom. The molecule has 30 heavy (non-hydrogen) atoms. The lowest BCUT2D eigenvalue weighted by Crippen LogP contribution is -2.44. The summed E-state index contributed by atoms with van der Waals surface area (Å²) in [6.45, 7) is 1.97. The molecule has 1 aromatic heterocycles. The summed E-state index contributed by atoms with van der Waals surface area (Å²) in [5.41, 5.74) is 8.40. The van der Waals surface area contributed by atoms with Crippen molar-refractivity contribution in [1.82, 2.24) is 10.2 Å². The van der Waals surface area contributed by atoms with Gasteiger partial charge in [0.1, 0.15) is 6.04 Å². The Morgan fingerprint density at radius 3 is 2.57 bits per heavy atom. The van der Waals surface area contributed by atoms with E-state index in [2.05, 4.69) is 22.6 Å². The van der Waals surface area contributed by atoms with E-state index < -0.39 is 23.8 Å². The lowest BCUT2D eigenvalue weighted by molar-refractivity contribution is -0.119. The van der Waals surface area contributed by atoms with E-state index in [9.17, 15) is 14.4 Å². The van der Waals surface area contributed by atoms with Crippen LogP contribution in [0.25, 0.3) is 0 Å². The average Bonchev–Trinajstić information content (AvgIpc) is 3.05. The number of amides is 3. The number of hydrogen-bond acceptors (Lipinski definition) is 5. The van der Waals surface area contributed by atoms with E-state index in [1.807, 2.05) is 18.2 Å². The zero-order chi connectivity index (χ0) is 21.7. The molecular weight excluding hydrogens is 424 g/mol. The summed E-state index contributed by atoms with van der Waals surface area (Å²) in [5, 5.41) is 5.55. The summed E-state index contributed by atoms with van der Waals surface area (Å²) >= 11 is 7.01. The number of rotatable bonds is 7. The van der Waals surface area contributed by atoms with Crippen LogP contribution in [0.15, 0.2) is 30.3 Å². The number of benzene rings is 1. The average molecular weight is 449 g/mol. The third-order valence-corrected chi connectivity index (χ3v) is 6.33. The SMILES string of the molecule is CN1CCc2ccc(NC(=O)[C@@H](CCC(N)=O)NC(=O)c3ccc(Cl)s3)cc2CC1. The Bertz CT molecular complexity index is 946. The maximum absolute atomic E-state index is 12.9. The molecule has 160 valence electrons. The van der Waals surface area contributed by atoms with Gasteiger partial charge in [-0.3, -0.25) is 14.4 Å². The van der Waals surface area contributed by atoms with E-state index in [-0.39, 0.29) is 12.8 Å². The van der Waals surface area contributed by atoms with Gasteiger partial charge in [0.25, 0.3) is 5.91 Å². The molecule has 0 spiro atoms. The van der Waals surface area contributed by atoms with Crippen LogP contribution in [0.5, 0.6) is 0 Å². The molecule has 1 aliphatic heterocycles. The molecule has 2 aromatic rings. The number of nitrogens with two attached hydrogens (primary N) is 1. The van der Waals surface area contributed by atoms with Gasteiger partial charge < -0.3 is 21.3 Å². The van der Waals surface area contributed by atoms with E-state index in [1.54, 1.807) is 12.1 Å². The van der Waals surface area contributed by atoms with Gasteiger partial charge in [0.05, 0.1) is 9.21 Å². The number of nitrogens with zero attached hydrogens (tertiary/aromatic N) is 1. The lowest BCUT2D eigenvalue weighted by atomic mass is 10.0. The number of carbonyl (C=O) groups is 3. The van der Waals surface area contributed by atoms with Crippen molar-refractivity contribution < 1.29 is 14.4 Å². The number of likely N-dealkylation sites (N-methyl/N-ethyl adjacent to an activating group) is 1. The van der Waals surface area contributed by atoms with Crippen molar-refractivity contribution in [2.24, 2.45) is 5.73 Å². The van der Waals surface area contributed by atoms with Crippen molar-refractivity contribution in [2.75, 3.05) is 25.5 Å². The van der Waals surface area contributed by atoms with Crippen LogP contribution in [0.2, 0.25) is 4.34 Å². The van der Waals surface area contributed by atoms with E-state index >= 15 is 0 Å². The molecule has 1 aromatic carbocycles. The van der Waals surface area contributed by atoms with Crippen molar-refractivity contribution in [3.05, 3.63) is 50.7 Å². The minimum absolute atomic E-state index is 0.0138. The molecule has 3 amide bonds. The molecule has 1 aliphatic rings. The molecule has 7 nitrogen and oxygen atoms in total. The number of hydrogen-bond donors (Lipinski definition) is 3. The highest BCUT2D eigenvalue weighted by atomic mass is 35.5. The summed E-state index contributed by atoms with van der Waals surface area (Å²) in [6, 6.07) is 8.21. The van der Waals surface area contributed by atoms with Gasteiger partial charge in [-0.05, 0) is 61.7 Å². The van der Waals surface area contributed by atoms with E-state index in [1.165, 1.54) is 11.1 Å². The number of primary amides is 1. The quantitative estimate of drug-likeness (QED) is 0.605. The van der Waals surface area contributed by atoms with Crippen LogP contribution < -0.4 is 16.4 Å². The van der Waals surface area contributed by atoms with Crippen LogP contribution >= 0.6 is 22.9 Å². The predicted octanol–water partition coefficient (Wildman–Crippen LogP) is 2.43. The largest absolute Gasteiger partial charge is 0.370 e. The van der Waals surface area contributed by atoms with Crippen molar-refractivity contribution >= 4 is 46.3 Å². The van der Waals surface area contributed by atoms with Crippen LogP contribution in [0.1, 0.15) is 33.6 Å². The molecule has 4 N–H and O–H groups in total. The molecule has 0 saturated heterocycles. The highest BCUT2D eigenvalue weighted by Crippen LogP contribution is 2.22. The Hall–Kier alpha value is -2.42. The first-order chi connectivity index (χ1) is 14.3. The van der Waals surface area contributed by atoms with E-state index in [0.29, 0.717) is 14.9 Å². The van der Waals surface area contributed by atoms with Gasteiger partial charge in [-0.1, -0.05) is 17.7 Å². The Balaban J connectivity index is 1.71. The first-order valence-corrected chi connectivity index (χ1v) is 11.0. The molecule has 0 unspecified atom stereocenters. The van der Waals surface area contributed by atoms with Crippen LogP contribution in [-0.2, 0) is 22.4 Å². The molecule has 0 fully saturated rings. The van der Waals surface area contributed by atoms with E-state index in [0.717, 1.165) is 37.3 Å². The molecule has 2 heterocycles. The van der Waals surface area contributed by atoms with Crippen molar-refractivity contribution in [1.29, 1.82) is 0 Å². The van der Waals surface area contributed by atoms with Gasteiger partial charge in [0.15, 0.2) is 0 Å². The van der Waals surface area contributed by atoms with Crippen molar-refractivity contribution in [3.63, 3.8) is 0 Å². The summed E-state index contributed by atoms with van der Waals surface area (Å²) in [4.78, 5) is 39.2. The minimum Gasteiger partial charge on any atom is -0.370 e. The fourth-order valence-corrected chi connectivity index (χ4v) is 4.31. The monoisotopic (exact) mass is 448 g/mol. The Labute approximate surface area is 184 Å². The fraction of sp³-hybridized carbons (Fsp3) is 0.381. The number of halogens is 1. The summed E-state index contributed by atoms with van der Waals surface area (Å²) < 4.78 is 0.480. The zero-order valence-electron chi connectivity index (χ0n) is 16.7. The summed E-state index contributed by atoms with van der Waals surface area (Å²) in [5.74, 6) is -1.34. The zero-order valence-corrected chi connectivity index (χ0v) is 18.3. The van der Waals surface area contributed by atoms with E-state index in [4.69, 9.17) is 17.3 Å². The molecule has 0 saturated carbocycles. The molecule has 3 rings (SSSR count). The first-order valence-electron chi connectivity index (χ1n) is 9.77. The first kappa shape index (κ1) is 22.3.